The number of alkyl halides is 1. The van der Waals surface area contributed by atoms with E-state index < -0.39 is 57.1 Å². The molecule has 0 aromatic carbocycles. The lowest BCUT2D eigenvalue weighted by Crippen LogP contribution is -2.70. The summed E-state index contributed by atoms with van der Waals surface area (Å²) in [5.74, 6) is -2.61. The van der Waals surface area contributed by atoms with Crippen LogP contribution in [0.1, 0.15) is 63.6 Å². The molecule has 45 heavy (non-hydrogen) atoms. The minimum atomic E-state index is -2.01. The molecule has 1 N–H and O–H groups in total. The lowest BCUT2D eigenvalue weighted by molar-refractivity contribution is -0.229. The Morgan fingerprint density at radius 3 is 2.78 bits per heavy atom. The highest BCUT2D eigenvalue weighted by molar-refractivity contribution is 8.14. The van der Waals surface area contributed by atoms with E-state index in [1.54, 1.807) is 16.9 Å². The number of allylic oxidation sites excluding steroid dienone is 1. The van der Waals surface area contributed by atoms with Crippen molar-refractivity contribution in [1.29, 1.82) is 5.26 Å². The topological polar surface area (TPSA) is 127 Å². The summed E-state index contributed by atoms with van der Waals surface area (Å²) in [6, 6.07) is 4.85. The Morgan fingerprint density at radius 2 is 2.07 bits per heavy atom. The number of nitriles is 1. The third-order valence-corrected chi connectivity index (χ3v) is 12.7. The lowest BCUT2D eigenvalue weighted by atomic mass is 9.44. The molecule has 2 aromatic heterocycles. The van der Waals surface area contributed by atoms with Crippen LogP contribution in [-0.2, 0) is 25.5 Å². The quantitative estimate of drug-likeness (QED) is 0.365. The van der Waals surface area contributed by atoms with Crippen LogP contribution >= 0.6 is 11.8 Å². The molecule has 3 heterocycles. The molecular weight excluding hydrogens is 602 g/mol. The van der Waals surface area contributed by atoms with E-state index in [2.05, 4.69) is 10.1 Å². The third kappa shape index (κ3) is 4.22. The van der Waals surface area contributed by atoms with E-state index in [1.165, 1.54) is 12.3 Å². The van der Waals surface area contributed by atoms with Gasteiger partial charge in [-0.25, -0.2) is 14.1 Å². The fourth-order valence-electron chi connectivity index (χ4n) is 9.48. The average Bonchev–Trinajstić information content (AvgIpc) is 3.75. The second kappa shape index (κ2) is 10.7. The number of halogens is 2. The number of nitrogens with zero attached hydrogens (tertiary/aromatic N) is 4. The van der Waals surface area contributed by atoms with Gasteiger partial charge in [0.1, 0.15) is 5.67 Å². The van der Waals surface area contributed by atoms with Crippen LogP contribution in [0.25, 0.3) is 11.8 Å². The first-order valence-corrected chi connectivity index (χ1v) is 16.6. The number of pyridine rings is 1. The summed E-state index contributed by atoms with van der Waals surface area (Å²) in [5, 5.41) is 25.3. The standard InChI is InChI=1S/C33H36F2N4O5S/c1-30-14-20-16-38-39(22-4-6-27(34)37-17-22)25(20)13-21(30)3-5-24-23-7-9-32(29(42)45-12-10-36,44-28(41)19-8-11-43-18-19)31(23,2)15-26(40)33(24,30)35/h4,6,13,16-17,19,23-24,26,40H,3,5,7-9,11-12,14-15,18H2,1-2H3/t19-,23-,24-,26-,30-,31-,32-,33-/m0/s1. The number of esters is 1. The van der Waals surface area contributed by atoms with Gasteiger partial charge in [-0.3, -0.25) is 9.59 Å². The number of hydrogen-bond donors (Lipinski definition) is 1. The molecule has 0 radical (unpaired) electrons. The molecule has 2 aromatic rings. The van der Waals surface area contributed by atoms with Crippen LogP contribution in [0.15, 0.2) is 30.1 Å². The molecular formula is C33H36F2N4O5S. The maximum Gasteiger partial charge on any atom is 0.312 e. The lowest BCUT2D eigenvalue weighted by Gasteiger charge is -2.63. The van der Waals surface area contributed by atoms with E-state index >= 15 is 4.39 Å². The van der Waals surface area contributed by atoms with Gasteiger partial charge in [-0.1, -0.05) is 31.2 Å². The number of ether oxygens (including phenoxy) is 2. The number of carbonyl (C=O) groups is 2. The highest BCUT2D eigenvalue weighted by Gasteiger charge is 2.76. The molecule has 9 nitrogen and oxygen atoms in total. The van der Waals surface area contributed by atoms with Crippen LogP contribution in [0.5, 0.6) is 0 Å². The normalized spacial score (nSPS) is 38.3. The maximum absolute atomic E-state index is 18.1. The molecule has 0 bridgehead atoms. The van der Waals surface area contributed by atoms with Crippen molar-refractivity contribution in [3.05, 3.63) is 47.3 Å². The number of aromatic nitrogens is 3. The molecule has 0 spiro atoms. The number of fused-ring (bicyclic) bond motifs is 6. The van der Waals surface area contributed by atoms with Gasteiger partial charge in [0, 0.05) is 23.4 Å². The highest BCUT2D eigenvalue weighted by atomic mass is 32.2. The second-order valence-electron chi connectivity index (χ2n) is 13.7. The minimum Gasteiger partial charge on any atom is -0.449 e. The van der Waals surface area contributed by atoms with Gasteiger partial charge in [0.25, 0.3) is 0 Å². The van der Waals surface area contributed by atoms with Gasteiger partial charge in [-0.05, 0) is 74.6 Å². The summed E-state index contributed by atoms with van der Waals surface area (Å²) >= 11 is 0.824. The molecule has 5 aliphatic rings. The molecule has 0 amide bonds. The van der Waals surface area contributed by atoms with Gasteiger partial charge in [0.05, 0.1) is 54.2 Å². The van der Waals surface area contributed by atoms with Crippen molar-refractivity contribution >= 4 is 28.9 Å². The van der Waals surface area contributed by atoms with Gasteiger partial charge >= 0.3 is 5.97 Å². The number of hydrogen-bond acceptors (Lipinski definition) is 9. The predicted octanol–water partition coefficient (Wildman–Crippen LogP) is 4.75. The molecule has 238 valence electrons. The molecule has 1 aliphatic heterocycles. The Kier molecular flexibility index (Phi) is 7.26. The molecule has 12 heteroatoms. The van der Waals surface area contributed by atoms with Gasteiger partial charge in [-0.2, -0.15) is 14.8 Å². The van der Waals surface area contributed by atoms with E-state index in [-0.39, 0.29) is 31.1 Å². The van der Waals surface area contributed by atoms with Crippen molar-refractivity contribution in [2.75, 3.05) is 19.0 Å². The fourth-order valence-corrected chi connectivity index (χ4v) is 10.3. The van der Waals surface area contributed by atoms with Crippen LogP contribution < -0.4 is 0 Å². The second-order valence-corrected chi connectivity index (χ2v) is 14.7. The van der Waals surface area contributed by atoms with Crippen molar-refractivity contribution in [2.45, 2.75) is 76.2 Å². The maximum atomic E-state index is 18.1. The van der Waals surface area contributed by atoms with Crippen molar-refractivity contribution in [1.82, 2.24) is 14.8 Å². The number of aliphatic hydroxyl groups excluding tert-OH is 1. The van der Waals surface area contributed by atoms with Crippen LogP contribution in [-0.4, -0.2) is 67.3 Å². The van der Waals surface area contributed by atoms with Gasteiger partial charge in [-0.15, -0.1) is 0 Å². The summed E-state index contributed by atoms with van der Waals surface area (Å²) in [5.41, 5.74) is -2.58. The largest absolute Gasteiger partial charge is 0.449 e. The molecule has 3 saturated carbocycles. The minimum absolute atomic E-state index is 0.0613. The Morgan fingerprint density at radius 1 is 1.24 bits per heavy atom. The molecule has 4 aliphatic carbocycles. The predicted molar refractivity (Wildman–Crippen MR) is 160 cm³/mol. The molecule has 0 unspecified atom stereocenters. The first-order valence-electron chi connectivity index (χ1n) is 15.6. The third-order valence-electron chi connectivity index (χ3n) is 11.8. The summed E-state index contributed by atoms with van der Waals surface area (Å²) < 4.78 is 44.9. The van der Waals surface area contributed by atoms with Crippen molar-refractivity contribution in [2.24, 2.45) is 28.6 Å². The number of aliphatic hydroxyl groups is 1. The number of carbonyl (C=O) groups excluding carboxylic acids is 2. The number of rotatable bonds is 5. The summed E-state index contributed by atoms with van der Waals surface area (Å²) in [6.07, 6.45) is 6.09. The van der Waals surface area contributed by atoms with Crippen LogP contribution in [0.3, 0.4) is 0 Å². The summed E-state index contributed by atoms with van der Waals surface area (Å²) in [4.78, 5) is 31.1. The van der Waals surface area contributed by atoms with Crippen molar-refractivity contribution in [3.8, 4) is 11.8 Å². The zero-order valence-electron chi connectivity index (χ0n) is 25.3. The van der Waals surface area contributed by atoms with Gasteiger partial charge < -0.3 is 14.6 Å². The SMILES string of the molecule is C[C@]12Cc3cnn(-c4ccc(F)nc4)c3C=C1CC[C@H]1[C@@H]3CC[C@](OC(=O)[C@H]4CCOC4)(C(=O)SCC#N)[C@@]3(C)C[C@H](O)[C@@]12F. The zero-order valence-corrected chi connectivity index (χ0v) is 26.1. The van der Waals surface area contributed by atoms with Crippen molar-refractivity contribution < 1.29 is 33.0 Å². The van der Waals surface area contributed by atoms with E-state index in [4.69, 9.17) is 9.47 Å². The molecule has 4 fully saturated rings. The number of thioether (sulfide) groups is 1. The summed E-state index contributed by atoms with van der Waals surface area (Å²) in [6.45, 7) is 4.40. The molecule has 8 atom stereocenters. The van der Waals surface area contributed by atoms with Crippen molar-refractivity contribution in [3.63, 3.8) is 0 Å². The molecule has 7 rings (SSSR count). The highest BCUT2D eigenvalue weighted by Crippen LogP contribution is 2.71. The first kappa shape index (κ1) is 30.5. The zero-order chi connectivity index (χ0) is 31.8. The Balaban J connectivity index is 1.25. The van der Waals surface area contributed by atoms with E-state index in [9.17, 15) is 24.3 Å². The summed E-state index contributed by atoms with van der Waals surface area (Å²) in [7, 11) is 0. The average molecular weight is 639 g/mol. The van der Waals surface area contributed by atoms with E-state index in [0.29, 0.717) is 44.4 Å². The van der Waals surface area contributed by atoms with Gasteiger partial charge in [0.2, 0.25) is 11.1 Å². The van der Waals surface area contributed by atoms with E-state index in [1.807, 2.05) is 26.0 Å². The Labute approximate surface area is 264 Å². The van der Waals surface area contributed by atoms with Gasteiger partial charge in [0.15, 0.2) is 5.60 Å². The van der Waals surface area contributed by atoms with Crippen LogP contribution in [0.4, 0.5) is 8.78 Å². The van der Waals surface area contributed by atoms with E-state index in [0.717, 1.165) is 28.6 Å². The first-order chi connectivity index (χ1) is 21.5. The van der Waals surface area contributed by atoms with Crippen LogP contribution in [0, 0.1) is 45.9 Å². The Bertz CT molecular complexity index is 1620. The van der Waals surface area contributed by atoms with Crippen LogP contribution in [0.2, 0.25) is 0 Å². The molecule has 1 saturated heterocycles. The smallest absolute Gasteiger partial charge is 0.312 e. The Hall–Kier alpha value is -3.14. The monoisotopic (exact) mass is 638 g/mol. The fraction of sp³-hybridized carbons (Fsp3) is 0.606.